The van der Waals surface area contributed by atoms with Crippen LogP contribution >= 0.6 is 0 Å². The standard InChI is InChI=1S/C25H27N3O2/c29-25(27-23-4-2-1-3-5-23)28-16-12-21(13-17-28)18-20-6-8-22(9-7-20)19-30-24-10-14-26-15-11-24/h1-11,14-15,21H,12-13,16-19H2,(H,27,29). The zero-order chi connectivity index (χ0) is 20.6. The SMILES string of the molecule is O=C(Nc1ccccc1)N1CCC(Cc2ccc(COc3ccncc3)cc2)CC1. The van der Waals surface area contributed by atoms with Gasteiger partial charge in [-0.25, -0.2) is 4.79 Å². The second-order valence-electron chi connectivity index (χ2n) is 7.72. The van der Waals surface area contributed by atoms with E-state index in [0.29, 0.717) is 12.5 Å². The molecule has 0 bridgehead atoms. The number of hydrogen-bond donors (Lipinski definition) is 1. The van der Waals surface area contributed by atoms with Crippen molar-refractivity contribution in [2.24, 2.45) is 5.92 Å². The highest BCUT2D eigenvalue weighted by atomic mass is 16.5. The van der Waals surface area contributed by atoms with Gasteiger partial charge in [0.05, 0.1) is 0 Å². The Labute approximate surface area is 177 Å². The van der Waals surface area contributed by atoms with Crippen LogP contribution < -0.4 is 10.1 Å². The average Bonchev–Trinajstić information content (AvgIpc) is 2.80. The van der Waals surface area contributed by atoms with Crippen molar-refractivity contribution in [1.29, 1.82) is 0 Å². The summed E-state index contributed by atoms with van der Waals surface area (Å²) in [4.78, 5) is 18.3. The predicted octanol–water partition coefficient (Wildman–Crippen LogP) is 5.15. The highest BCUT2D eigenvalue weighted by molar-refractivity contribution is 5.89. The molecule has 0 radical (unpaired) electrons. The molecular weight excluding hydrogens is 374 g/mol. The van der Waals surface area contributed by atoms with Gasteiger partial charge in [-0.15, -0.1) is 0 Å². The first-order valence-corrected chi connectivity index (χ1v) is 10.5. The van der Waals surface area contributed by atoms with Gasteiger partial charge in [-0.1, -0.05) is 42.5 Å². The van der Waals surface area contributed by atoms with E-state index < -0.39 is 0 Å². The van der Waals surface area contributed by atoms with Gasteiger partial charge in [-0.05, 0) is 60.6 Å². The minimum absolute atomic E-state index is 0.00167. The topological polar surface area (TPSA) is 54.5 Å². The first-order valence-electron chi connectivity index (χ1n) is 10.5. The molecule has 4 rings (SSSR count). The van der Waals surface area contributed by atoms with Crippen molar-refractivity contribution in [1.82, 2.24) is 9.88 Å². The molecule has 2 aromatic carbocycles. The molecule has 5 heteroatoms. The maximum Gasteiger partial charge on any atom is 0.321 e. The van der Waals surface area contributed by atoms with Crippen molar-refractivity contribution in [2.75, 3.05) is 18.4 Å². The van der Waals surface area contributed by atoms with Crippen LogP contribution in [-0.4, -0.2) is 29.0 Å². The number of likely N-dealkylation sites (tertiary alicyclic amines) is 1. The molecule has 1 fully saturated rings. The van der Waals surface area contributed by atoms with Crippen LogP contribution in [0.3, 0.4) is 0 Å². The molecular formula is C25H27N3O2. The highest BCUT2D eigenvalue weighted by Crippen LogP contribution is 2.23. The molecule has 5 nitrogen and oxygen atoms in total. The number of ether oxygens (including phenoxy) is 1. The van der Waals surface area contributed by atoms with Gasteiger partial charge in [-0.3, -0.25) is 4.98 Å². The molecule has 0 saturated carbocycles. The van der Waals surface area contributed by atoms with Crippen LogP contribution in [0, 0.1) is 5.92 Å². The Bertz CT molecular complexity index is 922. The summed E-state index contributed by atoms with van der Waals surface area (Å²) in [7, 11) is 0. The van der Waals surface area contributed by atoms with Crippen LogP contribution in [0.15, 0.2) is 79.1 Å². The number of pyridine rings is 1. The number of benzene rings is 2. The molecule has 0 aliphatic carbocycles. The number of para-hydroxylation sites is 1. The van der Waals surface area contributed by atoms with Crippen molar-refractivity contribution in [3.05, 3.63) is 90.3 Å². The fourth-order valence-corrected chi connectivity index (χ4v) is 3.77. The third-order valence-corrected chi connectivity index (χ3v) is 5.53. The lowest BCUT2D eigenvalue weighted by Gasteiger charge is -2.32. The van der Waals surface area contributed by atoms with Gasteiger partial charge in [0, 0.05) is 31.2 Å². The average molecular weight is 402 g/mol. The zero-order valence-corrected chi connectivity index (χ0v) is 17.0. The maximum atomic E-state index is 12.4. The second-order valence-corrected chi connectivity index (χ2v) is 7.72. The van der Waals surface area contributed by atoms with E-state index in [1.165, 1.54) is 5.56 Å². The van der Waals surface area contributed by atoms with Crippen molar-refractivity contribution < 1.29 is 9.53 Å². The van der Waals surface area contributed by atoms with E-state index in [0.717, 1.165) is 49.4 Å². The Kier molecular flexibility index (Phi) is 6.60. The molecule has 1 N–H and O–H groups in total. The number of aromatic nitrogens is 1. The van der Waals surface area contributed by atoms with Gasteiger partial charge < -0.3 is 15.0 Å². The summed E-state index contributed by atoms with van der Waals surface area (Å²) in [6.45, 7) is 2.17. The number of nitrogens with zero attached hydrogens (tertiary/aromatic N) is 2. The van der Waals surface area contributed by atoms with Gasteiger partial charge in [0.15, 0.2) is 0 Å². The summed E-state index contributed by atoms with van der Waals surface area (Å²) < 4.78 is 5.78. The lowest BCUT2D eigenvalue weighted by atomic mass is 9.90. The molecule has 2 heterocycles. The minimum atomic E-state index is -0.00167. The monoisotopic (exact) mass is 401 g/mol. The Morgan fingerprint density at radius 3 is 2.30 bits per heavy atom. The van der Waals surface area contributed by atoms with E-state index in [1.807, 2.05) is 47.4 Å². The van der Waals surface area contributed by atoms with Crippen molar-refractivity contribution in [3.8, 4) is 5.75 Å². The number of hydrogen-bond acceptors (Lipinski definition) is 3. The van der Waals surface area contributed by atoms with E-state index >= 15 is 0 Å². The normalized spacial score (nSPS) is 14.3. The minimum Gasteiger partial charge on any atom is -0.489 e. The summed E-state index contributed by atoms with van der Waals surface area (Å²) in [6, 6.07) is 22.0. The van der Waals surface area contributed by atoms with Crippen LogP contribution in [0.5, 0.6) is 5.75 Å². The maximum absolute atomic E-state index is 12.4. The lowest BCUT2D eigenvalue weighted by Crippen LogP contribution is -2.41. The molecule has 154 valence electrons. The van der Waals surface area contributed by atoms with E-state index in [9.17, 15) is 4.79 Å². The van der Waals surface area contributed by atoms with Crippen molar-refractivity contribution in [2.45, 2.75) is 25.9 Å². The zero-order valence-electron chi connectivity index (χ0n) is 17.0. The number of piperidine rings is 1. The van der Waals surface area contributed by atoms with Crippen LogP contribution in [0.1, 0.15) is 24.0 Å². The Morgan fingerprint density at radius 1 is 0.933 bits per heavy atom. The van der Waals surface area contributed by atoms with E-state index in [1.54, 1.807) is 12.4 Å². The first kappa shape index (κ1) is 20.0. The third kappa shape index (κ3) is 5.60. The molecule has 2 amide bonds. The molecule has 1 aromatic heterocycles. The fourth-order valence-electron chi connectivity index (χ4n) is 3.77. The smallest absolute Gasteiger partial charge is 0.321 e. The van der Waals surface area contributed by atoms with Crippen LogP contribution in [0.25, 0.3) is 0 Å². The summed E-state index contributed by atoms with van der Waals surface area (Å²) in [5, 5.41) is 2.98. The van der Waals surface area contributed by atoms with Crippen LogP contribution in [-0.2, 0) is 13.0 Å². The number of carbonyl (C=O) groups excluding carboxylic acids is 1. The number of anilines is 1. The number of amides is 2. The molecule has 1 saturated heterocycles. The molecule has 1 aliphatic rings. The Balaban J connectivity index is 1.21. The number of rotatable bonds is 6. The molecule has 30 heavy (non-hydrogen) atoms. The number of carbonyl (C=O) groups is 1. The van der Waals surface area contributed by atoms with Crippen LogP contribution in [0.4, 0.5) is 10.5 Å². The molecule has 0 unspecified atom stereocenters. The summed E-state index contributed by atoms with van der Waals surface area (Å²) >= 11 is 0. The lowest BCUT2D eigenvalue weighted by molar-refractivity contribution is 0.182. The summed E-state index contributed by atoms with van der Waals surface area (Å²) in [5.74, 6) is 1.45. The fraction of sp³-hybridized carbons (Fsp3) is 0.280. The Hall–Kier alpha value is -3.34. The number of urea groups is 1. The van der Waals surface area contributed by atoms with E-state index in [4.69, 9.17) is 4.74 Å². The van der Waals surface area contributed by atoms with Gasteiger partial charge in [0.25, 0.3) is 0 Å². The summed E-state index contributed by atoms with van der Waals surface area (Å²) in [5.41, 5.74) is 3.34. The Morgan fingerprint density at radius 2 is 1.60 bits per heavy atom. The summed E-state index contributed by atoms with van der Waals surface area (Å²) in [6.07, 6.45) is 6.59. The quantitative estimate of drug-likeness (QED) is 0.622. The number of nitrogens with one attached hydrogen (secondary N) is 1. The van der Waals surface area contributed by atoms with Gasteiger partial charge in [0.1, 0.15) is 12.4 Å². The van der Waals surface area contributed by atoms with Gasteiger partial charge in [0.2, 0.25) is 0 Å². The van der Waals surface area contributed by atoms with Crippen molar-refractivity contribution >= 4 is 11.7 Å². The highest BCUT2D eigenvalue weighted by Gasteiger charge is 2.23. The first-order chi connectivity index (χ1) is 14.8. The van der Waals surface area contributed by atoms with Gasteiger partial charge >= 0.3 is 6.03 Å². The van der Waals surface area contributed by atoms with Gasteiger partial charge in [-0.2, -0.15) is 0 Å². The molecule has 3 aromatic rings. The molecule has 0 atom stereocenters. The molecule has 1 aliphatic heterocycles. The molecule has 0 spiro atoms. The van der Waals surface area contributed by atoms with Crippen LogP contribution in [0.2, 0.25) is 0 Å². The predicted molar refractivity (Wildman–Crippen MR) is 118 cm³/mol. The third-order valence-electron chi connectivity index (χ3n) is 5.53. The van der Waals surface area contributed by atoms with E-state index in [2.05, 4.69) is 34.6 Å². The second kappa shape index (κ2) is 9.92. The van der Waals surface area contributed by atoms with Crippen molar-refractivity contribution in [3.63, 3.8) is 0 Å². The van der Waals surface area contributed by atoms with E-state index in [-0.39, 0.29) is 6.03 Å². The largest absolute Gasteiger partial charge is 0.489 e.